The molecule has 0 aliphatic heterocycles. The van der Waals surface area contributed by atoms with Crippen LogP contribution in [0.3, 0.4) is 0 Å². The summed E-state index contributed by atoms with van der Waals surface area (Å²) >= 11 is 0. The van der Waals surface area contributed by atoms with Crippen molar-refractivity contribution in [2.75, 3.05) is 6.54 Å². The zero-order chi connectivity index (χ0) is 15.6. The molecule has 1 aromatic rings. The van der Waals surface area contributed by atoms with Crippen LogP contribution in [0.5, 0.6) is 0 Å². The van der Waals surface area contributed by atoms with E-state index in [4.69, 9.17) is 10.7 Å². The van der Waals surface area contributed by atoms with Gasteiger partial charge >= 0.3 is 0 Å². The van der Waals surface area contributed by atoms with Crippen LogP contribution in [0.2, 0.25) is 0 Å². The van der Waals surface area contributed by atoms with Gasteiger partial charge in [-0.15, -0.1) is 0 Å². The van der Waals surface area contributed by atoms with E-state index in [-0.39, 0.29) is 5.56 Å². The lowest BCUT2D eigenvalue weighted by Gasteiger charge is -2.11. The fourth-order valence-electron chi connectivity index (χ4n) is 2.68. The quantitative estimate of drug-likeness (QED) is 0.862. The van der Waals surface area contributed by atoms with Gasteiger partial charge in [0.1, 0.15) is 5.82 Å². The maximum absolute atomic E-state index is 13.4. The maximum Gasteiger partial charge on any atom is 0.261 e. The number of carbonyl (C=O) groups excluding carboxylic acids is 1. The fraction of sp³-hybridized carbons (Fsp3) is 0.500. The van der Waals surface area contributed by atoms with Crippen molar-refractivity contribution in [1.29, 1.82) is 0 Å². The Hall–Kier alpha value is -1.14. The SMILES string of the molecule is CC1CCC(CNC(=O)c2cc(F)cc(S(=O)(=O)Cl)c2)C1. The van der Waals surface area contributed by atoms with E-state index in [9.17, 15) is 17.6 Å². The van der Waals surface area contributed by atoms with Crippen LogP contribution in [0.1, 0.15) is 36.5 Å². The summed E-state index contributed by atoms with van der Waals surface area (Å²) in [6.45, 7) is 2.69. The van der Waals surface area contributed by atoms with Crippen molar-refractivity contribution in [1.82, 2.24) is 5.32 Å². The summed E-state index contributed by atoms with van der Waals surface area (Å²) in [4.78, 5) is 11.6. The van der Waals surface area contributed by atoms with Crippen LogP contribution in [0.4, 0.5) is 4.39 Å². The van der Waals surface area contributed by atoms with Gasteiger partial charge in [0.15, 0.2) is 0 Å². The molecule has 0 bridgehead atoms. The third-order valence-electron chi connectivity index (χ3n) is 3.77. The minimum absolute atomic E-state index is 0.0414. The number of benzene rings is 1. The van der Waals surface area contributed by atoms with Gasteiger partial charge in [0, 0.05) is 22.8 Å². The molecular weight excluding hydrogens is 317 g/mol. The predicted molar refractivity (Wildman–Crippen MR) is 78.3 cm³/mol. The highest BCUT2D eigenvalue weighted by Crippen LogP contribution is 2.29. The van der Waals surface area contributed by atoms with Gasteiger partial charge in [-0.25, -0.2) is 12.8 Å². The first kappa shape index (κ1) is 16.2. The molecule has 2 atom stereocenters. The molecule has 1 fully saturated rings. The van der Waals surface area contributed by atoms with Crippen LogP contribution >= 0.6 is 10.7 Å². The van der Waals surface area contributed by atoms with Crippen LogP contribution in [0, 0.1) is 17.7 Å². The third-order valence-corrected chi connectivity index (χ3v) is 5.10. The summed E-state index contributed by atoms with van der Waals surface area (Å²) in [5, 5.41) is 2.72. The van der Waals surface area contributed by atoms with E-state index in [0.29, 0.717) is 18.4 Å². The first-order valence-corrected chi connectivity index (χ1v) is 9.10. The number of hydrogen-bond donors (Lipinski definition) is 1. The molecule has 1 N–H and O–H groups in total. The standard InChI is InChI=1S/C14H17ClFNO3S/c1-9-2-3-10(4-9)8-17-14(18)11-5-12(16)7-13(6-11)21(15,19)20/h5-7,9-10H,2-4,8H2,1H3,(H,17,18). The zero-order valence-electron chi connectivity index (χ0n) is 11.6. The number of nitrogens with one attached hydrogen (secondary N) is 1. The van der Waals surface area contributed by atoms with Gasteiger partial charge in [-0.05, 0) is 42.9 Å². The lowest BCUT2D eigenvalue weighted by atomic mass is 10.1. The summed E-state index contributed by atoms with van der Waals surface area (Å²) in [6.07, 6.45) is 3.27. The fourth-order valence-corrected chi connectivity index (χ4v) is 3.47. The van der Waals surface area contributed by atoms with Crippen LogP contribution in [0.15, 0.2) is 23.1 Å². The van der Waals surface area contributed by atoms with Crippen molar-refractivity contribution in [2.24, 2.45) is 11.8 Å². The molecule has 0 saturated heterocycles. The van der Waals surface area contributed by atoms with Gasteiger partial charge in [0.2, 0.25) is 0 Å². The minimum atomic E-state index is -4.07. The lowest BCUT2D eigenvalue weighted by Crippen LogP contribution is -2.28. The molecule has 116 valence electrons. The molecule has 0 radical (unpaired) electrons. The first-order chi connectivity index (χ1) is 9.75. The Morgan fingerprint density at radius 2 is 2.10 bits per heavy atom. The zero-order valence-corrected chi connectivity index (χ0v) is 13.2. The van der Waals surface area contributed by atoms with Crippen molar-refractivity contribution >= 4 is 25.6 Å². The molecule has 4 nitrogen and oxygen atoms in total. The van der Waals surface area contributed by atoms with Crippen LogP contribution in [-0.2, 0) is 9.05 Å². The molecule has 0 spiro atoms. The molecule has 0 aromatic heterocycles. The Bertz CT molecular complexity index is 648. The molecule has 1 aliphatic carbocycles. The van der Waals surface area contributed by atoms with Crippen LogP contribution in [-0.4, -0.2) is 20.9 Å². The molecule has 2 rings (SSSR count). The van der Waals surface area contributed by atoms with Crippen molar-refractivity contribution in [3.8, 4) is 0 Å². The number of hydrogen-bond acceptors (Lipinski definition) is 3. The molecule has 1 aromatic carbocycles. The Kier molecular flexibility index (Phi) is 4.88. The molecular formula is C14H17ClFNO3S. The minimum Gasteiger partial charge on any atom is -0.352 e. The molecule has 0 heterocycles. The van der Waals surface area contributed by atoms with E-state index in [1.807, 2.05) is 0 Å². The second-order valence-electron chi connectivity index (χ2n) is 5.61. The van der Waals surface area contributed by atoms with E-state index < -0.39 is 25.7 Å². The topological polar surface area (TPSA) is 63.2 Å². The second kappa shape index (κ2) is 6.32. The number of amides is 1. The van der Waals surface area contributed by atoms with Crippen LogP contribution in [0.25, 0.3) is 0 Å². The summed E-state index contributed by atoms with van der Waals surface area (Å²) in [5.74, 6) is -0.213. The monoisotopic (exact) mass is 333 g/mol. The van der Waals surface area contributed by atoms with Gasteiger partial charge in [0.05, 0.1) is 4.90 Å². The predicted octanol–water partition coefficient (Wildman–Crippen LogP) is 2.92. The van der Waals surface area contributed by atoms with Crippen molar-refractivity contribution in [3.05, 3.63) is 29.6 Å². The molecule has 1 saturated carbocycles. The van der Waals surface area contributed by atoms with Crippen molar-refractivity contribution in [3.63, 3.8) is 0 Å². The second-order valence-corrected chi connectivity index (χ2v) is 8.17. The largest absolute Gasteiger partial charge is 0.352 e. The van der Waals surface area contributed by atoms with Gasteiger partial charge < -0.3 is 5.32 Å². The average Bonchev–Trinajstić information content (AvgIpc) is 2.80. The highest BCUT2D eigenvalue weighted by Gasteiger charge is 2.22. The Morgan fingerprint density at radius 3 is 2.67 bits per heavy atom. The Morgan fingerprint density at radius 1 is 1.38 bits per heavy atom. The molecule has 1 aliphatic rings. The maximum atomic E-state index is 13.4. The summed E-state index contributed by atoms with van der Waals surface area (Å²) < 4.78 is 35.9. The normalized spacial score (nSPS) is 22.2. The van der Waals surface area contributed by atoms with Gasteiger partial charge in [0.25, 0.3) is 15.0 Å². The number of rotatable bonds is 4. The summed E-state index contributed by atoms with van der Waals surface area (Å²) in [7, 11) is 1.11. The summed E-state index contributed by atoms with van der Waals surface area (Å²) in [6, 6.07) is 2.87. The van der Waals surface area contributed by atoms with E-state index in [1.165, 1.54) is 0 Å². The van der Waals surface area contributed by atoms with E-state index in [2.05, 4.69) is 12.2 Å². The number of halogens is 2. The smallest absolute Gasteiger partial charge is 0.261 e. The molecule has 7 heteroatoms. The van der Waals surface area contributed by atoms with E-state index in [1.54, 1.807) is 0 Å². The number of carbonyl (C=O) groups is 1. The Balaban J connectivity index is 2.07. The summed E-state index contributed by atoms with van der Waals surface area (Å²) in [5.41, 5.74) is -0.0414. The van der Waals surface area contributed by atoms with Crippen molar-refractivity contribution < 1.29 is 17.6 Å². The average molecular weight is 334 g/mol. The first-order valence-electron chi connectivity index (χ1n) is 6.79. The highest BCUT2D eigenvalue weighted by molar-refractivity contribution is 8.13. The van der Waals surface area contributed by atoms with Gasteiger partial charge in [-0.3, -0.25) is 4.79 Å². The third kappa shape index (κ3) is 4.41. The van der Waals surface area contributed by atoms with Crippen molar-refractivity contribution in [2.45, 2.75) is 31.1 Å². The lowest BCUT2D eigenvalue weighted by molar-refractivity contribution is 0.0946. The molecule has 21 heavy (non-hydrogen) atoms. The van der Waals surface area contributed by atoms with Crippen LogP contribution < -0.4 is 5.32 Å². The molecule has 2 unspecified atom stereocenters. The molecule has 1 amide bonds. The highest BCUT2D eigenvalue weighted by atomic mass is 35.7. The van der Waals surface area contributed by atoms with Gasteiger partial charge in [-0.1, -0.05) is 13.3 Å². The van der Waals surface area contributed by atoms with E-state index in [0.717, 1.165) is 37.5 Å². The van der Waals surface area contributed by atoms with E-state index >= 15 is 0 Å². The van der Waals surface area contributed by atoms with Gasteiger partial charge in [-0.2, -0.15) is 0 Å². The Labute approximate surface area is 128 Å².